The molecule has 0 saturated heterocycles. The number of aliphatic carboxylic acids is 1. The van der Waals surface area contributed by atoms with Crippen LogP contribution in [0.2, 0.25) is 0 Å². The maximum atomic E-state index is 10.6. The van der Waals surface area contributed by atoms with Gasteiger partial charge in [-0.1, -0.05) is 18.2 Å². The number of carboxylic acid groups (broad SMARTS) is 1. The smallest absolute Gasteiger partial charge is 0.303 e. The Bertz CT molecular complexity index is 724. The van der Waals surface area contributed by atoms with E-state index in [0.29, 0.717) is 19.6 Å². The van der Waals surface area contributed by atoms with Crippen LogP contribution in [0.25, 0.3) is 0 Å². The van der Waals surface area contributed by atoms with Gasteiger partial charge in [0.1, 0.15) is 24.7 Å². The molecule has 1 aliphatic carbocycles. The van der Waals surface area contributed by atoms with Crippen LogP contribution in [0.15, 0.2) is 42.5 Å². The van der Waals surface area contributed by atoms with E-state index >= 15 is 0 Å². The molecule has 0 aromatic heterocycles. The Kier molecular flexibility index (Phi) is 5.94. The Morgan fingerprint density at radius 1 is 0.920 bits per heavy atom. The lowest BCUT2D eigenvalue weighted by atomic mass is 9.92. The van der Waals surface area contributed by atoms with Crippen molar-refractivity contribution in [2.24, 2.45) is 0 Å². The molecule has 132 valence electrons. The number of fused-ring (bicyclic) bond motifs is 1. The second-order valence-corrected chi connectivity index (χ2v) is 6.38. The standard InChI is InChI=1S/C21H24O4/c22-21(23)11-8-16-4-3-7-19(14-16)24-12-13-25-20-10-9-17-5-1-2-6-18(17)15-20/h3-4,7,9-10,14-15H,1-2,5-6,8,11-13H2,(H,22,23). The van der Waals surface area contributed by atoms with Gasteiger partial charge in [-0.05, 0) is 73.1 Å². The van der Waals surface area contributed by atoms with Crippen molar-refractivity contribution in [1.82, 2.24) is 0 Å². The number of carbonyl (C=O) groups is 1. The van der Waals surface area contributed by atoms with Crippen molar-refractivity contribution >= 4 is 5.97 Å². The van der Waals surface area contributed by atoms with E-state index in [1.807, 2.05) is 30.3 Å². The van der Waals surface area contributed by atoms with E-state index in [9.17, 15) is 4.79 Å². The van der Waals surface area contributed by atoms with E-state index in [4.69, 9.17) is 14.6 Å². The first-order valence-electron chi connectivity index (χ1n) is 8.89. The van der Waals surface area contributed by atoms with Gasteiger partial charge in [0, 0.05) is 6.42 Å². The van der Waals surface area contributed by atoms with E-state index in [1.54, 1.807) is 0 Å². The lowest BCUT2D eigenvalue weighted by Gasteiger charge is -2.17. The number of aryl methyl sites for hydroxylation is 3. The van der Waals surface area contributed by atoms with Gasteiger partial charge in [-0.2, -0.15) is 0 Å². The summed E-state index contributed by atoms with van der Waals surface area (Å²) < 4.78 is 11.5. The highest BCUT2D eigenvalue weighted by Crippen LogP contribution is 2.25. The van der Waals surface area contributed by atoms with Gasteiger partial charge in [0.05, 0.1) is 0 Å². The van der Waals surface area contributed by atoms with Crippen LogP contribution < -0.4 is 9.47 Å². The summed E-state index contributed by atoms with van der Waals surface area (Å²) in [6, 6.07) is 13.9. The highest BCUT2D eigenvalue weighted by Gasteiger charge is 2.09. The van der Waals surface area contributed by atoms with Gasteiger partial charge in [-0.15, -0.1) is 0 Å². The molecule has 1 N–H and O–H groups in total. The van der Waals surface area contributed by atoms with Crippen LogP contribution in [0.5, 0.6) is 11.5 Å². The molecule has 0 fully saturated rings. The first-order valence-corrected chi connectivity index (χ1v) is 8.89. The third-order valence-electron chi connectivity index (χ3n) is 4.47. The molecule has 2 aromatic carbocycles. The zero-order chi connectivity index (χ0) is 17.5. The van der Waals surface area contributed by atoms with E-state index in [1.165, 1.54) is 30.4 Å². The van der Waals surface area contributed by atoms with Crippen molar-refractivity contribution in [3.05, 3.63) is 59.2 Å². The molecular weight excluding hydrogens is 316 g/mol. The minimum Gasteiger partial charge on any atom is -0.490 e. The van der Waals surface area contributed by atoms with Crippen molar-refractivity contribution in [3.63, 3.8) is 0 Å². The van der Waals surface area contributed by atoms with Gasteiger partial charge >= 0.3 is 5.97 Å². The fourth-order valence-corrected chi connectivity index (χ4v) is 3.16. The van der Waals surface area contributed by atoms with Crippen molar-refractivity contribution in [2.75, 3.05) is 13.2 Å². The predicted octanol–water partition coefficient (Wildman–Crippen LogP) is 4.04. The lowest BCUT2D eigenvalue weighted by molar-refractivity contribution is -0.136. The number of hydrogen-bond donors (Lipinski definition) is 1. The molecule has 0 bridgehead atoms. The predicted molar refractivity (Wildman–Crippen MR) is 96.5 cm³/mol. The molecule has 0 heterocycles. The Labute approximate surface area is 148 Å². The molecule has 2 aromatic rings. The van der Waals surface area contributed by atoms with Gasteiger partial charge in [0.25, 0.3) is 0 Å². The Morgan fingerprint density at radius 3 is 2.40 bits per heavy atom. The van der Waals surface area contributed by atoms with Crippen LogP contribution in [0.4, 0.5) is 0 Å². The maximum absolute atomic E-state index is 10.6. The van der Waals surface area contributed by atoms with Crippen molar-refractivity contribution in [2.45, 2.75) is 38.5 Å². The van der Waals surface area contributed by atoms with E-state index in [2.05, 4.69) is 12.1 Å². The van der Waals surface area contributed by atoms with E-state index in [-0.39, 0.29) is 6.42 Å². The normalized spacial score (nSPS) is 13.1. The second kappa shape index (κ2) is 8.56. The number of carboxylic acids is 1. The first kappa shape index (κ1) is 17.3. The molecule has 0 aliphatic heterocycles. The SMILES string of the molecule is O=C(O)CCc1cccc(OCCOc2ccc3c(c2)CCCC3)c1. The Hall–Kier alpha value is -2.49. The minimum absolute atomic E-state index is 0.130. The monoisotopic (exact) mass is 340 g/mol. The molecule has 0 atom stereocenters. The summed E-state index contributed by atoms with van der Waals surface area (Å²) in [5.74, 6) is 0.862. The summed E-state index contributed by atoms with van der Waals surface area (Å²) in [5, 5.41) is 8.75. The molecule has 1 aliphatic rings. The number of ether oxygens (including phenoxy) is 2. The van der Waals surface area contributed by atoms with Crippen LogP contribution in [-0.4, -0.2) is 24.3 Å². The maximum Gasteiger partial charge on any atom is 0.303 e. The molecule has 0 saturated carbocycles. The summed E-state index contributed by atoms with van der Waals surface area (Å²) in [7, 11) is 0. The third-order valence-corrected chi connectivity index (χ3v) is 4.47. The van der Waals surface area contributed by atoms with E-state index < -0.39 is 5.97 Å². The summed E-state index contributed by atoms with van der Waals surface area (Å²) >= 11 is 0. The molecule has 0 amide bonds. The fraction of sp³-hybridized carbons (Fsp3) is 0.381. The van der Waals surface area contributed by atoms with Crippen LogP contribution in [0.1, 0.15) is 36.0 Å². The highest BCUT2D eigenvalue weighted by atomic mass is 16.5. The summed E-state index contributed by atoms with van der Waals surface area (Å²) in [4.78, 5) is 10.6. The summed E-state index contributed by atoms with van der Waals surface area (Å²) in [6.45, 7) is 0.942. The summed E-state index contributed by atoms with van der Waals surface area (Å²) in [6.07, 6.45) is 5.51. The van der Waals surface area contributed by atoms with Gasteiger partial charge in [0.15, 0.2) is 0 Å². The van der Waals surface area contributed by atoms with Gasteiger partial charge in [0.2, 0.25) is 0 Å². The number of hydrogen-bond acceptors (Lipinski definition) is 3. The molecule has 4 nitrogen and oxygen atoms in total. The largest absolute Gasteiger partial charge is 0.490 e. The van der Waals surface area contributed by atoms with Crippen LogP contribution in [-0.2, 0) is 24.1 Å². The van der Waals surface area contributed by atoms with Gasteiger partial charge < -0.3 is 14.6 Å². The number of rotatable bonds is 8. The first-order chi connectivity index (χ1) is 12.2. The molecule has 3 rings (SSSR count). The van der Waals surface area contributed by atoms with Crippen molar-refractivity contribution in [1.29, 1.82) is 0 Å². The zero-order valence-electron chi connectivity index (χ0n) is 14.4. The topological polar surface area (TPSA) is 55.8 Å². The Balaban J connectivity index is 1.45. The molecule has 0 spiro atoms. The molecule has 0 unspecified atom stereocenters. The molecular formula is C21H24O4. The fourth-order valence-electron chi connectivity index (χ4n) is 3.16. The Morgan fingerprint density at radius 2 is 1.64 bits per heavy atom. The minimum atomic E-state index is -0.787. The molecule has 0 radical (unpaired) electrons. The van der Waals surface area contributed by atoms with Crippen molar-refractivity contribution in [3.8, 4) is 11.5 Å². The average Bonchev–Trinajstić information content (AvgIpc) is 2.64. The van der Waals surface area contributed by atoms with Crippen LogP contribution >= 0.6 is 0 Å². The quantitative estimate of drug-likeness (QED) is 0.737. The summed E-state index contributed by atoms with van der Waals surface area (Å²) in [5.41, 5.74) is 3.83. The lowest BCUT2D eigenvalue weighted by Crippen LogP contribution is -2.10. The van der Waals surface area contributed by atoms with Crippen LogP contribution in [0, 0.1) is 0 Å². The zero-order valence-corrected chi connectivity index (χ0v) is 14.4. The van der Waals surface area contributed by atoms with Crippen molar-refractivity contribution < 1.29 is 19.4 Å². The highest BCUT2D eigenvalue weighted by molar-refractivity contribution is 5.67. The molecule has 25 heavy (non-hydrogen) atoms. The van der Waals surface area contributed by atoms with E-state index in [0.717, 1.165) is 23.5 Å². The second-order valence-electron chi connectivity index (χ2n) is 6.38. The molecule has 4 heteroatoms. The van der Waals surface area contributed by atoms with Crippen LogP contribution in [0.3, 0.4) is 0 Å². The number of benzene rings is 2. The van der Waals surface area contributed by atoms with Gasteiger partial charge in [-0.25, -0.2) is 0 Å². The van der Waals surface area contributed by atoms with Gasteiger partial charge in [-0.3, -0.25) is 4.79 Å². The average molecular weight is 340 g/mol. The third kappa shape index (κ3) is 5.24.